The van der Waals surface area contributed by atoms with E-state index in [0.29, 0.717) is 30.4 Å². The van der Waals surface area contributed by atoms with Crippen molar-refractivity contribution >= 4 is 11.9 Å². The molecule has 0 bridgehead atoms. The molecule has 4 rings (SSSR count). The molecule has 1 amide bonds. The normalized spacial score (nSPS) is 15.7. The van der Waals surface area contributed by atoms with Crippen LogP contribution in [0.5, 0.6) is 5.88 Å². The smallest absolute Gasteiger partial charge is 0.326 e. The summed E-state index contributed by atoms with van der Waals surface area (Å²) in [5.74, 6) is -0.665. The second kappa shape index (κ2) is 7.34. The highest BCUT2D eigenvalue weighted by molar-refractivity contribution is 5.95. The average molecular weight is 393 g/mol. The molecule has 9 heteroatoms. The summed E-state index contributed by atoms with van der Waals surface area (Å²) in [4.78, 5) is 34.0. The Kier molecular flexibility index (Phi) is 4.71. The Morgan fingerprint density at radius 1 is 1.17 bits per heavy atom. The summed E-state index contributed by atoms with van der Waals surface area (Å²) in [6.07, 6.45) is 2.00. The lowest BCUT2D eigenvalue weighted by Crippen LogP contribution is -2.55. The number of benzene rings is 1. The number of carbonyl (C=O) groups is 2. The Morgan fingerprint density at radius 2 is 1.93 bits per heavy atom. The van der Waals surface area contributed by atoms with Crippen molar-refractivity contribution in [2.75, 3.05) is 13.7 Å². The number of carbonyl (C=O) groups excluding carboxylic acids is 1. The first-order valence-electron chi connectivity index (χ1n) is 9.06. The van der Waals surface area contributed by atoms with Crippen LogP contribution in [0.25, 0.3) is 17.1 Å². The van der Waals surface area contributed by atoms with Crippen LogP contribution in [0.2, 0.25) is 0 Å². The van der Waals surface area contributed by atoms with Crippen LogP contribution in [0.3, 0.4) is 0 Å². The molecule has 0 spiro atoms. The van der Waals surface area contributed by atoms with Gasteiger partial charge in [0.25, 0.3) is 5.91 Å². The third-order valence-corrected chi connectivity index (χ3v) is 4.85. The zero-order valence-corrected chi connectivity index (χ0v) is 15.9. The molecule has 1 fully saturated rings. The largest absolute Gasteiger partial charge is 0.481 e. The number of aromatic nitrogens is 4. The third kappa shape index (κ3) is 3.42. The number of nitrogens with zero attached hydrogens (tertiary/aromatic N) is 5. The number of likely N-dealkylation sites (tertiary alicyclic amines) is 1. The second-order valence-electron chi connectivity index (χ2n) is 6.74. The maximum atomic E-state index is 12.8. The number of aliphatic carboxylic acids is 1. The number of pyridine rings is 1. The van der Waals surface area contributed by atoms with E-state index in [-0.39, 0.29) is 5.82 Å². The molecule has 0 aliphatic carbocycles. The zero-order chi connectivity index (χ0) is 20.5. The third-order valence-electron chi connectivity index (χ3n) is 4.85. The second-order valence-corrected chi connectivity index (χ2v) is 6.74. The van der Waals surface area contributed by atoms with Crippen molar-refractivity contribution in [3.8, 4) is 23.0 Å². The summed E-state index contributed by atoms with van der Waals surface area (Å²) < 4.78 is 6.62. The fourth-order valence-electron chi connectivity index (χ4n) is 3.11. The highest BCUT2D eigenvalue weighted by atomic mass is 16.5. The van der Waals surface area contributed by atoms with Crippen LogP contribution in [-0.2, 0) is 4.79 Å². The number of methoxy groups -OCH3 is 1. The first-order chi connectivity index (χ1) is 14.0. The number of hydrogen-bond donors (Lipinski definition) is 1. The molecular weight excluding hydrogens is 374 g/mol. The zero-order valence-electron chi connectivity index (χ0n) is 15.9. The summed E-state index contributed by atoms with van der Waals surface area (Å²) in [7, 11) is 1.53. The lowest BCUT2D eigenvalue weighted by atomic mass is 10.0. The summed E-state index contributed by atoms with van der Waals surface area (Å²) in [6, 6.07) is 10.3. The number of aryl methyl sites for hydroxylation is 1. The molecule has 2 aromatic heterocycles. The Balaban J connectivity index is 1.77. The Hall–Kier alpha value is -3.75. The van der Waals surface area contributed by atoms with Gasteiger partial charge in [0.15, 0.2) is 5.82 Å². The van der Waals surface area contributed by atoms with Gasteiger partial charge in [0.1, 0.15) is 6.04 Å². The van der Waals surface area contributed by atoms with Gasteiger partial charge in [-0.1, -0.05) is 29.8 Å². The van der Waals surface area contributed by atoms with E-state index >= 15 is 0 Å². The van der Waals surface area contributed by atoms with E-state index in [4.69, 9.17) is 4.74 Å². The lowest BCUT2D eigenvalue weighted by Gasteiger charge is -2.36. The lowest BCUT2D eigenvalue weighted by molar-refractivity contribution is -0.146. The number of carboxylic acid groups (broad SMARTS) is 1. The van der Waals surface area contributed by atoms with Gasteiger partial charge in [-0.15, -0.1) is 5.10 Å². The SMILES string of the molecule is COc1ccc(-n2nc(C(=O)N3CCC3C(=O)O)nc2-c2ccc(C)cc2)cn1. The minimum absolute atomic E-state index is 0.0534. The summed E-state index contributed by atoms with van der Waals surface area (Å²) in [5, 5.41) is 13.6. The van der Waals surface area contributed by atoms with Crippen molar-refractivity contribution < 1.29 is 19.4 Å². The standard InChI is InChI=1S/C20H19N5O4/c1-12-3-5-13(6-4-12)18-22-17(19(26)24-10-9-15(24)20(27)28)23-25(18)14-7-8-16(29-2)21-11-14/h3-8,11,15H,9-10H2,1-2H3,(H,27,28). The molecule has 0 radical (unpaired) electrons. The van der Waals surface area contributed by atoms with Crippen molar-refractivity contribution in [3.05, 3.63) is 54.0 Å². The Bertz CT molecular complexity index is 1060. The number of rotatable bonds is 5. The van der Waals surface area contributed by atoms with Crippen molar-refractivity contribution in [3.63, 3.8) is 0 Å². The molecule has 29 heavy (non-hydrogen) atoms. The van der Waals surface area contributed by atoms with Crippen LogP contribution < -0.4 is 4.74 Å². The van der Waals surface area contributed by atoms with Crippen LogP contribution in [0.1, 0.15) is 22.6 Å². The minimum atomic E-state index is -1.03. The minimum Gasteiger partial charge on any atom is -0.481 e. The molecule has 1 aromatic carbocycles. The van der Waals surface area contributed by atoms with E-state index in [1.54, 1.807) is 18.3 Å². The van der Waals surface area contributed by atoms with Gasteiger partial charge in [-0.05, 0) is 19.4 Å². The first kappa shape index (κ1) is 18.6. The van der Waals surface area contributed by atoms with Gasteiger partial charge in [0.05, 0.1) is 19.0 Å². The molecule has 148 valence electrons. The molecule has 3 aromatic rings. The summed E-state index contributed by atoms with van der Waals surface area (Å²) in [5.41, 5.74) is 2.47. The fraction of sp³-hybridized carbons (Fsp3) is 0.250. The van der Waals surface area contributed by atoms with Crippen molar-refractivity contribution in [2.45, 2.75) is 19.4 Å². The van der Waals surface area contributed by atoms with Crippen LogP contribution in [-0.4, -0.2) is 61.3 Å². The van der Waals surface area contributed by atoms with Gasteiger partial charge < -0.3 is 14.7 Å². The van der Waals surface area contributed by atoms with Gasteiger partial charge in [-0.2, -0.15) is 0 Å². The summed E-state index contributed by atoms with van der Waals surface area (Å²) in [6.45, 7) is 2.35. The highest BCUT2D eigenvalue weighted by Gasteiger charge is 2.39. The Morgan fingerprint density at radius 3 is 2.48 bits per heavy atom. The van der Waals surface area contributed by atoms with Gasteiger partial charge in [0, 0.05) is 18.2 Å². The average Bonchev–Trinajstić information content (AvgIpc) is 3.13. The van der Waals surface area contributed by atoms with Crippen LogP contribution in [0.4, 0.5) is 0 Å². The first-order valence-corrected chi connectivity index (χ1v) is 9.06. The molecule has 1 atom stereocenters. The van der Waals surface area contributed by atoms with Crippen LogP contribution in [0.15, 0.2) is 42.6 Å². The van der Waals surface area contributed by atoms with E-state index in [2.05, 4.69) is 15.1 Å². The highest BCUT2D eigenvalue weighted by Crippen LogP contribution is 2.25. The maximum absolute atomic E-state index is 12.8. The predicted octanol–water partition coefficient (Wildman–Crippen LogP) is 1.95. The molecule has 1 aliphatic heterocycles. The van der Waals surface area contributed by atoms with Crippen LogP contribution >= 0.6 is 0 Å². The van der Waals surface area contributed by atoms with E-state index < -0.39 is 17.9 Å². The number of hydrogen-bond acceptors (Lipinski definition) is 6. The van der Waals surface area contributed by atoms with Crippen molar-refractivity contribution in [2.24, 2.45) is 0 Å². The molecule has 1 aliphatic rings. The quantitative estimate of drug-likeness (QED) is 0.705. The number of carboxylic acids is 1. The van der Waals surface area contributed by atoms with Gasteiger partial charge >= 0.3 is 5.97 Å². The Labute approximate surface area is 166 Å². The van der Waals surface area contributed by atoms with E-state index in [1.165, 1.54) is 16.7 Å². The molecule has 1 N–H and O–H groups in total. The topological polar surface area (TPSA) is 110 Å². The van der Waals surface area contributed by atoms with Gasteiger partial charge in [-0.25, -0.2) is 19.4 Å². The van der Waals surface area contributed by atoms with E-state index in [9.17, 15) is 14.7 Å². The van der Waals surface area contributed by atoms with Gasteiger partial charge in [0.2, 0.25) is 11.7 Å². The van der Waals surface area contributed by atoms with Crippen molar-refractivity contribution in [1.29, 1.82) is 0 Å². The molecule has 1 unspecified atom stereocenters. The van der Waals surface area contributed by atoms with Crippen LogP contribution in [0, 0.1) is 6.92 Å². The maximum Gasteiger partial charge on any atom is 0.326 e. The monoisotopic (exact) mass is 393 g/mol. The number of amides is 1. The molecule has 1 saturated heterocycles. The number of ether oxygens (including phenoxy) is 1. The molecule has 0 saturated carbocycles. The molecular formula is C20H19N5O4. The predicted molar refractivity (Wildman–Crippen MR) is 103 cm³/mol. The fourth-order valence-corrected chi connectivity index (χ4v) is 3.11. The van der Waals surface area contributed by atoms with E-state index in [0.717, 1.165) is 11.1 Å². The van der Waals surface area contributed by atoms with Crippen molar-refractivity contribution in [1.82, 2.24) is 24.6 Å². The summed E-state index contributed by atoms with van der Waals surface area (Å²) >= 11 is 0. The van der Waals surface area contributed by atoms with Gasteiger partial charge in [-0.3, -0.25) is 4.79 Å². The molecule has 3 heterocycles. The van der Waals surface area contributed by atoms with E-state index in [1.807, 2.05) is 31.2 Å². The molecule has 9 nitrogen and oxygen atoms in total.